The maximum Gasteiger partial charge on any atom is 0 e. The molecule has 1 heteroatoms. The smallest absolute Gasteiger partial charge is 0 e. The molecule has 27 valence electrons. The van der Waals surface area contributed by atoms with E-state index in [0.717, 1.165) is 6.42 Å². The van der Waals surface area contributed by atoms with Gasteiger partial charge in [-0.1, -0.05) is 26.7 Å². The van der Waals surface area contributed by atoms with Gasteiger partial charge < -0.3 is 0 Å². The molecule has 0 spiro atoms. The van der Waals surface area contributed by atoms with Crippen LogP contribution in [0.1, 0.15) is 19.8 Å². The van der Waals surface area contributed by atoms with Gasteiger partial charge in [0.05, 0.1) is 0 Å². The fourth-order valence-corrected chi connectivity index (χ4v) is 0. The minimum Gasteiger partial charge on any atom is -0.0654 e. The van der Waals surface area contributed by atoms with E-state index in [0.29, 0.717) is 0 Å². The first-order valence-corrected chi connectivity index (χ1v) is 1.71. The van der Waals surface area contributed by atoms with Gasteiger partial charge >= 0.3 is 0 Å². The Morgan fingerprint density at radius 3 is 1.80 bits per heavy atom. The zero-order valence-electron chi connectivity index (χ0n) is 3.83. The summed E-state index contributed by atoms with van der Waals surface area (Å²) in [5, 5.41) is 0. The Kier molecular flexibility index (Phi) is 16.2. The first-order chi connectivity index (χ1) is 1.91. The van der Waals surface area contributed by atoms with Gasteiger partial charge in [0.25, 0.3) is 0 Å². The second-order valence-corrected chi connectivity index (χ2v) is 0.854. The predicted octanol–water partition coefficient (Wildman–Crippen LogP) is 1.62. The average molecular weight is 123 g/mol. The Morgan fingerprint density at radius 2 is 1.80 bits per heavy atom. The fraction of sp³-hybridized carbons (Fsp3) is 0.750. The third-order valence-corrected chi connectivity index (χ3v) is 0.354. The molecule has 0 nitrogen and oxygen atoms in total. The second kappa shape index (κ2) is 8.82. The van der Waals surface area contributed by atoms with Gasteiger partial charge in [-0.15, -0.1) is 0 Å². The van der Waals surface area contributed by atoms with E-state index in [9.17, 15) is 0 Å². The first-order valence-electron chi connectivity index (χ1n) is 1.71. The summed E-state index contributed by atoms with van der Waals surface area (Å²) in [6.45, 7) is 5.72. The second-order valence-electron chi connectivity index (χ2n) is 0.854. The van der Waals surface area contributed by atoms with E-state index in [4.69, 9.17) is 0 Å². The molecule has 0 heterocycles. The molecule has 0 rings (SSSR count). The number of hydrogen-bond donors (Lipinski definition) is 0. The van der Waals surface area contributed by atoms with E-state index in [1.807, 2.05) is 0 Å². The summed E-state index contributed by atoms with van der Waals surface area (Å²) in [5.74, 6) is 0. The summed E-state index contributed by atoms with van der Waals surface area (Å²) in [6, 6.07) is 0. The normalized spacial score (nSPS) is 6.00. The summed E-state index contributed by atoms with van der Waals surface area (Å²) in [7, 11) is 0. The topological polar surface area (TPSA) is 0 Å². The van der Waals surface area contributed by atoms with Gasteiger partial charge in [0.15, 0.2) is 0 Å². The Balaban J connectivity index is 0. The van der Waals surface area contributed by atoms with Crippen molar-refractivity contribution in [1.29, 1.82) is 0 Å². The Labute approximate surface area is 46.7 Å². The number of rotatable bonds is 1. The van der Waals surface area contributed by atoms with Crippen molar-refractivity contribution in [2.45, 2.75) is 19.8 Å². The first kappa shape index (κ1) is 9.16. The van der Waals surface area contributed by atoms with Crippen molar-refractivity contribution < 1.29 is 19.5 Å². The van der Waals surface area contributed by atoms with Crippen LogP contribution < -0.4 is 0 Å². The van der Waals surface area contributed by atoms with E-state index >= 15 is 0 Å². The van der Waals surface area contributed by atoms with Gasteiger partial charge in [-0.2, -0.15) is 0 Å². The largest absolute Gasteiger partial charge is 0.0654 e. The quantitative estimate of drug-likeness (QED) is 0.464. The Hall–Kier alpha value is 0.623. The maximum absolute atomic E-state index is 3.60. The van der Waals surface area contributed by atoms with Crippen molar-refractivity contribution >= 4 is 0 Å². The van der Waals surface area contributed by atoms with E-state index in [-0.39, 0.29) is 19.5 Å². The molecular weight excluding hydrogens is 113 g/mol. The molecule has 0 aliphatic rings. The minimum atomic E-state index is 0. The number of unbranched alkanes of at least 4 members (excludes halogenated alkanes) is 1. The van der Waals surface area contributed by atoms with Crippen molar-refractivity contribution in [2.24, 2.45) is 0 Å². The van der Waals surface area contributed by atoms with Gasteiger partial charge in [-0.25, -0.2) is 0 Å². The molecule has 1 radical (unpaired) electrons. The van der Waals surface area contributed by atoms with Gasteiger partial charge in [0.1, 0.15) is 0 Å². The molecule has 0 saturated carbocycles. The van der Waals surface area contributed by atoms with Crippen LogP contribution in [0.4, 0.5) is 0 Å². The van der Waals surface area contributed by atoms with Gasteiger partial charge in [0.2, 0.25) is 0 Å². The summed E-state index contributed by atoms with van der Waals surface area (Å²) in [6.07, 6.45) is 2.28. The van der Waals surface area contributed by atoms with Crippen LogP contribution in [0.15, 0.2) is 0 Å². The summed E-state index contributed by atoms with van der Waals surface area (Å²) >= 11 is 0. The molecule has 0 amide bonds. The molecule has 0 N–H and O–H groups in total. The zero-order chi connectivity index (χ0) is 3.41. The Bertz CT molecular complexity index is 5.61. The third-order valence-electron chi connectivity index (χ3n) is 0.354. The van der Waals surface area contributed by atoms with Crippen molar-refractivity contribution in [2.75, 3.05) is 0 Å². The molecule has 0 saturated heterocycles. The van der Waals surface area contributed by atoms with E-state index < -0.39 is 0 Å². The molecule has 5 heavy (non-hydrogen) atoms. The SMILES string of the molecule is [CH2]CCC.[Zn]. The van der Waals surface area contributed by atoms with Gasteiger partial charge in [-0.3, -0.25) is 0 Å². The minimum absolute atomic E-state index is 0. The summed E-state index contributed by atoms with van der Waals surface area (Å²) < 4.78 is 0. The predicted molar refractivity (Wildman–Crippen MR) is 20.3 cm³/mol. The zero-order valence-corrected chi connectivity index (χ0v) is 6.80. The van der Waals surface area contributed by atoms with Crippen LogP contribution in [0, 0.1) is 6.92 Å². The average Bonchev–Trinajstić information content (AvgIpc) is 1.37. The van der Waals surface area contributed by atoms with Crippen LogP contribution in [0.3, 0.4) is 0 Å². The standard InChI is InChI=1S/C4H9.Zn/c1-3-4-2;/h1,3-4H2,2H3;. The van der Waals surface area contributed by atoms with Crippen LogP contribution in [-0.4, -0.2) is 0 Å². The van der Waals surface area contributed by atoms with E-state index in [1.165, 1.54) is 6.42 Å². The molecule has 0 aliphatic carbocycles. The van der Waals surface area contributed by atoms with E-state index in [2.05, 4.69) is 13.8 Å². The van der Waals surface area contributed by atoms with Crippen molar-refractivity contribution in [3.63, 3.8) is 0 Å². The van der Waals surface area contributed by atoms with E-state index in [1.54, 1.807) is 0 Å². The maximum atomic E-state index is 3.60. The molecular formula is C4H9Zn. The third kappa shape index (κ3) is 12.1. The van der Waals surface area contributed by atoms with Crippen molar-refractivity contribution in [1.82, 2.24) is 0 Å². The molecule has 0 fully saturated rings. The van der Waals surface area contributed by atoms with Crippen LogP contribution in [-0.2, 0) is 19.5 Å². The summed E-state index contributed by atoms with van der Waals surface area (Å²) in [4.78, 5) is 0. The summed E-state index contributed by atoms with van der Waals surface area (Å²) in [5.41, 5.74) is 0. The molecule has 0 bridgehead atoms. The Morgan fingerprint density at radius 1 is 1.60 bits per heavy atom. The monoisotopic (exact) mass is 121 g/mol. The van der Waals surface area contributed by atoms with Crippen LogP contribution in [0.25, 0.3) is 0 Å². The van der Waals surface area contributed by atoms with Gasteiger partial charge in [-0.05, 0) is 0 Å². The molecule has 0 unspecified atom stereocenters. The molecule has 0 atom stereocenters. The number of hydrogen-bond acceptors (Lipinski definition) is 0. The van der Waals surface area contributed by atoms with Crippen LogP contribution in [0.5, 0.6) is 0 Å². The van der Waals surface area contributed by atoms with Crippen LogP contribution >= 0.6 is 0 Å². The molecule has 0 aliphatic heterocycles. The molecule has 0 aromatic carbocycles. The van der Waals surface area contributed by atoms with Crippen molar-refractivity contribution in [3.05, 3.63) is 6.92 Å². The van der Waals surface area contributed by atoms with Crippen molar-refractivity contribution in [3.8, 4) is 0 Å². The molecule has 0 aromatic heterocycles. The van der Waals surface area contributed by atoms with Gasteiger partial charge in [0, 0.05) is 19.5 Å². The fourth-order valence-electron chi connectivity index (χ4n) is 0. The molecule has 0 aromatic rings. The van der Waals surface area contributed by atoms with Crippen LogP contribution in [0.2, 0.25) is 0 Å².